The van der Waals surface area contributed by atoms with E-state index in [1.54, 1.807) is 6.20 Å². The average molecular weight is 252 g/mol. The fourth-order valence-corrected chi connectivity index (χ4v) is 1.84. The van der Waals surface area contributed by atoms with E-state index in [1.807, 2.05) is 25.1 Å². The first-order valence-corrected chi connectivity index (χ1v) is 5.04. The molecule has 0 amide bonds. The number of anilines is 1. The lowest BCUT2D eigenvalue weighted by Crippen LogP contribution is -1.89. The van der Waals surface area contributed by atoms with Crippen LogP contribution >= 0.6 is 15.9 Å². The molecule has 2 aromatic rings. The predicted octanol–water partition coefficient (Wildman–Crippen LogP) is 2.73. The van der Waals surface area contributed by atoms with Crippen LogP contribution in [-0.4, -0.2) is 10.2 Å². The zero-order chi connectivity index (χ0) is 10.1. The minimum atomic E-state index is 0.594. The third-order valence-corrected chi connectivity index (χ3v) is 3.20. The van der Waals surface area contributed by atoms with Crippen molar-refractivity contribution in [1.29, 1.82) is 0 Å². The molecule has 0 spiro atoms. The van der Waals surface area contributed by atoms with Crippen LogP contribution in [0.15, 0.2) is 28.9 Å². The number of nitrogen functional groups attached to an aromatic ring is 1. The Morgan fingerprint density at radius 3 is 2.79 bits per heavy atom. The first-order chi connectivity index (χ1) is 6.70. The van der Waals surface area contributed by atoms with Crippen LogP contribution in [-0.2, 0) is 0 Å². The Labute approximate surface area is 90.5 Å². The molecule has 2 rings (SSSR count). The molecule has 0 fully saturated rings. The number of aromatic nitrogens is 2. The maximum absolute atomic E-state index is 5.75. The van der Waals surface area contributed by atoms with Crippen LogP contribution in [0.4, 0.5) is 5.82 Å². The van der Waals surface area contributed by atoms with Gasteiger partial charge in [-0.1, -0.05) is 18.2 Å². The Kier molecular flexibility index (Phi) is 2.29. The Balaban J connectivity index is 2.63. The molecule has 0 radical (unpaired) electrons. The van der Waals surface area contributed by atoms with Gasteiger partial charge >= 0.3 is 0 Å². The van der Waals surface area contributed by atoms with Crippen molar-refractivity contribution in [3.05, 3.63) is 34.4 Å². The molecule has 1 aromatic carbocycles. The molecular formula is C10H10BrN3. The molecule has 4 heteroatoms. The van der Waals surface area contributed by atoms with Crippen LogP contribution in [0, 0.1) is 6.92 Å². The largest absolute Gasteiger partial charge is 0.384 e. The fraction of sp³-hybridized carbons (Fsp3) is 0.100. The standard InChI is InChI=1S/C10H10BrN3/c1-6-3-2-4-7(9(6)11)8-5-13-14-10(8)12/h2-5H,1H3,(H3,12,13,14). The number of aromatic amines is 1. The van der Waals surface area contributed by atoms with Gasteiger partial charge in [0.05, 0.1) is 6.20 Å². The summed E-state index contributed by atoms with van der Waals surface area (Å²) in [5.41, 5.74) is 8.93. The summed E-state index contributed by atoms with van der Waals surface area (Å²) in [5.74, 6) is 0.594. The molecule has 1 heterocycles. The van der Waals surface area contributed by atoms with E-state index in [2.05, 4.69) is 26.1 Å². The van der Waals surface area contributed by atoms with E-state index in [0.29, 0.717) is 5.82 Å². The van der Waals surface area contributed by atoms with Crippen LogP contribution in [0.25, 0.3) is 11.1 Å². The molecule has 3 nitrogen and oxygen atoms in total. The molecule has 0 unspecified atom stereocenters. The number of halogens is 1. The summed E-state index contributed by atoms with van der Waals surface area (Å²) in [7, 11) is 0. The summed E-state index contributed by atoms with van der Waals surface area (Å²) in [5, 5.41) is 6.62. The molecule has 14 heavy (non-hydrogen) atoms. The molecule has 0 aliphatic rings. The molecule has 3 N–H and O–H groups in total. The first-order valence-electron chi connectivity index (χ1n) is 4.24. The van der Waals surface area contributed by atoms with Gasteiger partial charge in [-0.15, -0.1) is 0 Å². The lowest BCUT2D eigenvalue weighted by Gasteiger charge is -2.05. The van der Waals surface area contributed by atoms with Crippen LogP contribution < -0.4 is 5.73 Å². The van der Waals surface area contributed by atoms with E-state index in [4.69, 9.17) is 5.73 Å². The summed E-state index contributed by atoms with van der Waals surface area (Å²) < 4.78 is 1.06. The summed E-state index contributed by atoms with van der Waals surface area (Å²) in [6.07, 6.45) is 1.73. The van der Waals surface area contributed by atoms with Gasteiger partial charge in [0.15, 0.2) is 0 Å². The predicted molar refractivity (Wildman–Crippen MR) is 60.9 cm³/mol. The SMILES string of the molecule is Cc1cccc(-c2cn[nH]c2N)c1Br. The Bertz CT molecular complexity index is 462. The van der Waals surface area contributed by atoms with E-state index in [0.717, 1.165) is 15.6 Å². The normalized spacial score (nSPS) is 10.4. The lowest BCUT2D eigenvalue weighted by atomic mass is 10.1. The van der Waals surface area contributed by atoms with Crippen molar-refractivity contribution < 1.29 is 0 Å². The Morgan fingerprint density at radius 1 is 1.36 bits per heavy atom. The summed E-state index contributed by atoms with van der Waals surface area (Å²) >= 11 is 3.54. The third kappa shape index (κ3) is 1.42. The topological polar surface area (TPSA) is 54.7 Å². The molecule has 1 aromatic heterocycles. The quantitative estimate of drug-likeness (QED) is 0.819. The van der Waals surface area contributed by atoms with Crippen molar-refractivity contribution in [2.45, 2.75) is 6.92 Å². The highest BCUT2D eigenvalue weighted by atomic mass is 79.9. The molecule has 72 valence electrons. The minimum absolute atomic E-state index is 0.594. The average Bonchev–Trinajstić information content (AvgIpc) is 2.57. The number of nitrogens with one attached hydrogen (secondary N) is 1. The van der Waals surface area contributed by atoms with Crippen molar-refractivity contribution in [3.63, 3.8) is 0 Å². The molecule has 0 saturated carbocycles. The van der Waals surface area contributed by atoms with Gasteiger partial charge in [-0.3, -0.25) is 5.10 Å². The smallest absolute Gasteiger partial charge is 0.126 e. The van der Waals surface area contributed by atoms with Gasteiger partial charge in [0.2, 0.25) is 0 Å². The third-order valence-electron chi connectivity index (χ3n) is 2.15. The van der Waals surface area contributed by atoms with Gasteiger partial charge in [-0.25, -0.2) is 0 Å². The van der Waals surface area contributed by atoms with E-state index in [9.17, 15) is 0 Å². The molecular weight excluding hydrogens is 242 g/mol. The molecule has 0 aliphatic heterocycles. The van der Waals surface area contributed by atoms with Gasteiger partial charge < -0.3 is 5.73 Å². The van der Waals surface area contributed by atoms with Crippen LogP contribution in [0.5, 0.6) is 0 Å². The number of hydrogen-bond donors (Lipinski definition) is 2. The second-order valence-electron chi connectivity index (χ2n) is 3.13. The van der Waals surface area contributed by atoms with E-state index < -0.39 is 0 Å². The van der Waals surface area contributed by atoms with Crippen molar-refractivity contribution in [2.24, 2.45) is 0 Å². The number of hydrogen-bond acceptors (Lipinski definition) is 2. The number of nitrogens with zero attached hydrogens (tertiary/aromatic N) is 1. The molecule has 0 saturated heterocycles. The number of rotatable bonds is 1. The highest BCUT2D eigenvalue weighted by Gasteiger charge is 2.09. The van der Waals surface area contributed by atoms with Gasteiger partial charge in [0.25, 0.3) is 0 Å². The number of benzene rings is 1. The molecule has 0 bridgehead atoms. The van der Waals surface area contributed by atoms with Gasteiger partial charge in [0.1, 0.15) is 5.82 Å². The number of nitrogens with two attached hydrogens (primary N) is 1. The molecule has 0 atom stereocenters. The molecule has 0 aliphatic carbocycles. The first kappa shape index (κ1) is 9.27. The monoisotopic (exact) mass is 251 g/mol. The zero-order valence-corrected chi connectivity index (χ0v) is 9.30. The maximum atomic E-state index is 5.75. The highest BCUT2D eigenvalue weighted by molar-refractivity contribution is 9.10. The highest BCUT2D eigenvalue weighted by Crippen LogP contribution is 2.32. The van der Waals surface area contributed by atoms with Crippen molar-refractivity contribution in [2.75, 3.05) is 5.73 Å². The van der Waals surface area contributed by atoms with Crippen molar-refractivity contribution in [1.82, 2.24) is 10.2 Å². The Morgan fingerprint density at radius 2 is 2.14 bits per heavy atom. The number of H-pyrrole nitrogens is 1. The van der Waals surface area contributed by atoms with E-state index >= 15 is 0 Å². The fourth-order valence-electron chi connectivity index (χ4n) is 1.37. The summed E-state index contributed by atoms with van der Waals surface area (Å²) in [4.78, 5) is 0. The zero-order valence-electron chi connectivity index (χ0n) is 7.71. The van der Waals surface area contributed by atoms with Gasteiger partial charge in [-0.2, -0.15) is 5.10 Å². The van der Waals surface area contributed by atoms with E-state index in [1.165, 1.54) is 5.56 Å². The van der Waals surface area contributed by atoms with Crippen LogP contribution in [0.3, 0.4) is 0 Å². The second kappa shape index (κ2) is 3.46. The van der Waals surface area contributed by atoms with Crippen LogP contribution in [0.1, 0.15) is 5.56 Å². The minimum Gasteiger partial charge on any atom is -0.384 e. The summed E-state index contributed by atoms with van der Waals surface area (Å²) in [6, 6.07) is 6.06. The summed E-state index contributed by atoms with van der Waals surface area (Å²) in [6.45, 7) is 2.05. The van der Waals surface area contributed by atoms with Gasteiger partial charge in [-0.05, 0) is 28.4 Å². The van der Waals surface area contributed by atoms with Crippen molar-refractivity contribution in [3.8, 4) is 11.1 Å². The van der Waals surface area contributed by atoms with E-state index in [-0.39, 0.29) is 0 Å². The Hall–Kier alpha value is -1.29. The lowest BCUT2D eigenvalue weighted by molar-refractivity contribution is 1.10. The van der Waals surface area contributed by atoms with Gasteiger partial charge in [0, 0.05) is 15.6 Å². The maximum Gasteiger partial charge on any atom is 0.126 e. The number of aryl methyl sites for hydroxylation is 1. The van der Waals surface area contributed by atoms with Crippen LogP contribution in [0.2, 0.25) is 0 Å². The second-order valence-corrected chi connectivity index (χ2v) is 3.93. The van der Waals surface area contributed by atoms with Crippen molar-refractivity contribution >= 4 is 21.7 Å².